The summed E-state index contributed by atoms with van der Waals surface area (Å²) in [5, 5.41) is 10.2. The van der Waals surface area contributed by atoms with Gasteiger partial charge in [0, 0.05) is 26.0 Å². The monoisotopic (exact) mass is 342 g/mol. The van der Waals surface area contributed by atoms with Crippen molar-refractivity contribution in [3.05, 3.63) is 47.7 Å². The van der Waals surface area contributed by atoms with Crippen LogP contribution >= 0.6 is 0 Å². The molecule has 0 fully saturated rings. The minimum Gasteiger partial charge on any atom is -0.356 e. The van der Waals surface area contributed by atoms with E-state index in [1.54, 1.807) is 0 Å². The van der Waals surface area contributed by atoms with E-state index in [9.17, 15) is 9.59 Å². The summed E-state index contributed by atoms with van der Waals surface area (Å²) in [5.74, 6) is 0.707. The van der Waals surface area contributed by atoms with E-state index in [0.717, 1.165) is 36.3 Å². The van der Waals surface area contributed by atoms with E-state index in [1.807, 2.05) is 48.0 Å². The first-order valence-electron chi connectivity index (χ1n) is 8.67. The normalized spacial score (nSPS) is 10.5. The predicted molar refractivity (Wildman–Crippen MR) is 98.3 cm³/mol. The van der Waals surface area contributed by atoms with E-state index in [4.69, 9.17) is 0 Å². The van der Waals surface area contributed by atoms with Crippen LogP contribution in [-0.2, 0) is 16.1 Å². The number of unbranched alkanes of at least 4 members (excludes halogenated alkanes) is 2. The number of anilines is 1. The summed E-state index contributed by atoms with van der Waals surface area (Å²) in [6.07, 6.45) is 3.07. The number of nitrogens with zero attached hydrogens (tertiary/aromatic N) is 2. The maximum absolute atomic E-state index is 12.1. The van der Waals surface area contributed by atoms with Crippen LogP contribution in [0.25, 0.3) is 0 Å². The van der Waals surface area contributed by atoms with Gasteiger partial charge in [-0.15, -0.1) is 0 Å². The summed E-state index contributed by atoms with van der Waals surface area (Å²) in [6, 6.07) is 11.9. The maximum atomic E-state index is 12.1. The van der Waals surface area contributed by atoms with Crippen molar-refractivity contribution in [1.82, 2.24) is 15.1 Å². The van der Waals surface area contributed by atoms with Gasteiger partial charge in [-0.05, 0) is 25.3 Å². The van der Waals surface area contributed by atoms with Crippen molar-refractivity contribution >= 4 is 17.6 Å². The fourth-order valence-corrected chi connectivity index (χ4v) is 2.58. The van der Waals surface area contributed by atoms with Gasteiger partial charge in [0.2, 0.25) is 11.8 Å². The Bertz CT molecular complexity index is 695. The summed E-state index contributed by atoms with van der Waals surface area (Å²) in [4.78, 5) is 22.9. The summed E-state index contributed by atoms with van der Waals surface area (Å²) >= 11 is 0. The zero-order valence-corrected chi connectivity index (χ0v) is 14.9. The zero-order valence-electron chi connectivity index (χ0n) is 14.9. The number of aromatic nitrogens is 2. The number of aryl methyl sites for hydroxylation is 1. The molecule has 2 rings (SSSR count). The molecule has 1 aromatic heterocycles. The highest BCUT2D eigenvalue weighted by molar-refractivity contribution is 5.89. The van der Waals surface area contributed by atoms with E-state index in [0.29, 0.717) is 19.5 Å². The maximum Gasteiger partial charge on any atom is 0.225 e. The van der Waals surface area contributed by atoms with Crippen LogP contribution in [0.1, 0.15) is 43.9 Å². The highest BCUT2D eigenvalue weighted by atomic mass is 16.2. The summed E-state index contributed by atoms with van der Waals surface area (Å²) in [5.41, 5.74) is 2.01. The van der Waals surface area contributed by atoms with Gasteiger partial charge in [-0.25, -0.2) is 4.68 Å². The Kier molecular flexibility index (Phi) is 7.19. The lowest BCUT2D eigenvalue weighted by molar-refractivity contribution is -0.119. The van der Waals surface area contributed by atoms with Crippen LogP contribution in [0.3, 0.4) is 0 Å². The van der Waals surface area contributed by atoms with Crippen LogP contribution in [-0.4, -0.2) is 28.1 Å². The molecule has 0 bridgehead atoms. The largest absolute Gasteiger partial charge is 0.356 e. The van der Waals surface area contributed by atoms with Crippen molar-refractivity contribution in [2.24, 2.45) is 0 Å². The first kappa shape index (κ1) is 18.7. The van der Waals surface area contributed by atoms with Gasteiger partial charge in [-0.1, -0.05) is 36.8 Å². The second-order valence-corrected chi connectivity index (χ2v) is 6.16. The Morgan fingerprint density at radius 1 is 1.12 bits per heavy atom. The van der Waals surface area contributed by atoms with Crippen molar-refractivity contribution in [3.8, 4) is 0 Å². The Morgan fingerprint density at radius 2 is 1.88 bits per heavy atom. The molecule has 2 amide bonds. The Morgan fingerprint density at radius 3 is 2.60 bits per heavy atom. The third-order valence-corrected chi connectivity index (χ3v) is 3.80. The molecule has 0 radical (unpaired) electrons. The highest BCUT2D eigenvalue weighted by Gasteiger charge is 2.09. The van der Waals surface area contributed by atoms with E-state index >= 15 is 0 Å². The van der Waals surface area contributed by atoms with Gasteiger partial charge in [0.25, 0.3) is 0 Å². The molecule has 0 aliphatic carbocycles. The molecule has 0 aliphatic rings. The lowest BCUT2D eigenvalue weighted by Gasteiger charge is -2.09. The number of rotatable bonds is 9. The number of carbonyl (C=O) groups is 2. The number of amides is 2. The molecule has 6 heteroatoms. The topological polar surface area (TPSA) is 76.0 Å². The SMILES string of the molecule is CC(=O)NCCCCCC(=O)Nc1cc(C)nn1Cc1ccccc1. The lowest BCUT2D eigenvalue weighted by atomic mass is 10.2. The number of hydrogen-bond acceptors (Lipinski definition) is 3. The molecule has 6 nitrogen and oxygen atoms in total. The average molecular weight is 342 g/mol. The molecule has 0 unspecified atom stereocenters. The van der Waals surface area contributed by atoms with Crippen LogP contribution in [0.5, 0.6) is 0 Å². The van der Waals surface area contributed by atoms with Crippen LogP contribution < -0.4 is 10.6 Å². The smallest absolute Gasteiger partial charge is 0.225 e. The van der Waals surface area contributed by atoms with Gasteiger partial charge in [-0.2, -0.15) is 5.10 Å². The highest BCUT2D eigenvalue weighted by Crippen LogP contribution is 2.14. The summed E-state index contributed by atoms with van der Waals surface area (Å²) in [6.45, 7) is 4.72. The second-order valence-electron chi connectivity index (χ2n) is 6.16. The third-order valence-electron chi connectivity index (χ3n) is 3.80. The number of benzene rings is 1. The molecule has 134 valence electrons. The average Bonchev–Trinajstić information content (AvgIpc) is 2.90. The summed E-state index contributed by atoms with van der Waals surface area (Å²) < 4.78 is 1.82. The second kappa shape index (κ2) is 9.61. The van der Waals surface area contributed by atoms with Gasteiger partial charge >= 0.3 is 0 Å². The molecular formula is C19H26N4O2. The molecule has 1 heterocycles. The van der Waals surface area contributed by atoms with Crippen molar-refractivity contribution in [2.75, 3.05) is 11.9 Å². The fraction of sp³-hybridized carbons (Fsp3) is 0.421. The van der Waals surface area contributed by atoms with E-state index < -0.39 is 0 Å². The van der Waals surface area contributed by atoms with E-state index in [2.05, 4.69) is 15.7 Å². The number of carbonyl (C=O) groups excluding carboxylic acids is 2. The molecular weight excluding hydrogens is 316 g/mol. The molecule has 2 N–H and O–H groups in total. The van der Waals surface area contributed by atoms with Gasteiger partial charge in [0.05, 0.1) is 12.2 Å². The first-order valence-corrected chi connectivity index (χ1v) is 8.67. The Labute approximate surface area is 148 Å². The van der Waals surface area contributed by atoms with Crippen molar-refractivity contribution in [3.63, 3.8) is 0 Å². The minimum absolute atomic E-state index is 0.00580. The van der Waals surface area contributed by atoms with Crippen molar-refractivity contribution in [2.45, 2.75) is 46.1 Å². The zero-order chi connectivity index (χ0) is 18.1. The molecule has 25 heavy (non-hydrogen) atoms. The first-order chi connectivity index (χ1) is 12.0. The van der Waals surface area contributed by atoms with Gasteiger partial charge in [0.1, 0.15) is 5.82 Å². The lowest BCUT2D eigenvalue weighted by Crippen LogP contribution is -2.20. The van der Waals surface area contributed by atoms with Gasteiger partial charge < -0.3 is 10.6 Å². The number of hydrogen-bond donors (Lipinski definition) is 2. The standard InChI is InChI=1S/C19H26N4O2/c1-15-13-18(23(22-15)14-17-9-5-3-6-10-17)21-19(25)11-7-4-8-12-20-16(2)24/h3,5-6,9-10,13H,4,7-8,11-12,14H2,1-2H3,(H,20,24)(H,21,25). The Balaban J connectivity index is 1.79. The molecule has 0 aliphatic heterocycles. The van der Waals surface area contributed by atoms with Crippen molar-refractivity contribution in [1.29, 1.82) is 0 Å². The summed E-state index contributed by atoms with van der Waals surface area (Å²) in [7, 11) is 0. The molecule has 0 saturated heterocycles. The van der Waals surface area contributed by atoms with Crippen LogP contribution in [0, 0.1) is 6.92 Å². The molecule has 0 atom stereocenters. The van der Waals surface area contributed by atoms with Gasteiger partial charge in [-0.3, -0.25) is 9.59 Å². The van der Waals surface area contributed by atoms with Gasteiger partial charge in [0.15, 0.2) is 0 Å². The van der Waals surface area contributed by atoms with Crippen LogP contribution in [0.4, 0.5) is 5.82 Å². The van der Waals surface area contributed by atoms with E-state index in [1.165, 1.54) is 6.92 Å². The van der Waals surface area contributed by atoms with Crippen LogP contribution in [0.15, 0.2) is 36.4 Å². The van der Waals surface area contributed by atoms with Crippen molar-refractivity contribution < 1.29 is 9.59 Å². The fourth-order valence-electron chi connectivity index (χ4n) is 2.58. The Hall–Kier alpha value is -2.63. The molecule has 1 aromatic carbocycles. The quantitative estimate of drug-likeness (QED) is 0.688. The molecule has 0 saturated carbocycles. The minimum atomic E-state index is -0.0141. The number of nitrogens with one attached hydrogen (secondary N) is 2. The molecule has 2 aromatic rings. The predicted octanol–water partition coefficient (Wildman–Crippen LogP) is 2.87. The van der Waals surface area contributed by atoms with Crippen LogP contribution in [0.2, 0.25) is 0 Å². The third kappa shape index (κ3) is 6.79. The van der Waals surface area contributed by atoms with E-state index in [-0.39, 0.29) is 11.8 Å². The molecule has 0 spiro atoms.